The molecule has 2 aromatic rings. The molecule has 2 aromatic heterocycles. The summed E-state index contributed by atoms with van der Waals surface area (Å²) >= 11 is 0. The zero-order valence-electron chi connectivity index (χ0n) is 15.7. The van der Waals surface area contributed by atoms with Crippen molar-refractivity contribution in [1.82, 2.24) is 29.5 Å². The molecule has 0 radical (unpaired) electrons. The summed E-state index contributed by atoms with van der Waals surface area (Å²) in [7, 11) is 5.56. The first kappa shape index (κ1) is 17.8. The highest BCUT2D eigenvalue weighted by atomic mass is 16.2. The van der Waals surface area contributed by atoms with Crippen LogP contribution in [0, 0.1) is 6.92 Å². The molecule has 1 aliphatic rings. The minimum absolute atomic E-state index is 0.176. The van der Waals surface area contributed by atoms with Crippen LogP contribution in [0.3, 0.4) is 0 Å². The summed E-state index contributed by atoms with van der Waals surface area (Å²) in [5.74, 6) is 0.176. The molecular formula is C18H28N6O. The Bertz CT molecular complexity index is 753. The van der Waals surface area contributed by atoms with Crippen LogP contribution in [-0.4, -0.2) is 82.2 Å². The minimum Gasteiger partial charge on any atom is -0.348 e. The molecular weight excluding hydrogens is 316 g/mol. The lowest BCUT2D eigenvalue weighted by Gasteiger charge is -2.22. The summed E-state index contributed by atoms with van der Waals surface area (Å²) in [6.45, 7) is 7.38. The third-order valence-corrected chi connectivity index (χ3v) is 4.86. The van der Waals surface area contributed by atoms with Gasteiger partial charge in [-0.15, -0.1) is 0 Å². The van der Waals surface area contributed by atoms with Gasteiger partial charge in [0.15, 0.2) is 5.65 Å². The highest BCUT2D eigenvalue weighted by molar-refractivity contribution is 5.78. The van der Waals surface area contributed by atoms with Crippen LogP contribution in [0.2, 0.25) is 0 Å². The van der Waals surface area contributed by atoms with Crippen molar-refractivity contribution in [2.75, 3.05) is 46.8 Å². The third kappa shape index (κ3) is 4.16. The first-order valence-electron chi connectivity index (χ1n) is 8.87. The summed E-state index contributed by atoms with van der Waals surface area (Å²) in [5, 5.41) is 5.58. The Morgan fingerprint density at radius 3 is 2.68 bits per heavy atom. The molecule has 3 heterocycles. The number of aryl methyl sites for hydroxylation is 2. The number of pyridine rings is 1. The number of rotatable bonds is 4. The van der Waals surface area contributed by atoms with E-state index in [9.17, 15) is 4.79 Å². The van der Waals surface area contributed by atoms with Crippen molar-refractivity contribution in [2.45, 2.75) is 19.9 Å². The van der Waals surface area contributed by atoms with Gasteiger partial charge >= 0.3 is 0 Å². The molecule has 0 unspecified atom stereocenters. The number of nitrogens with zero attached hydrogens (tertiary/aromatic N) is 6. The van der Waals surface area contributed by atoms with E-state index in [2.05, 4.69) is 25.9 Å². The van der Waals surface area contributed by atoms with E-state index >= 15 is 0 Å². The van der Waals surface area contributed by atoms with E-state index < -0.39 is 0 Å². The van der Waals surface area contributed by atoms with Crippen LogP contribution in [0.15, 0.2) is 12.3 Å². The number of carbonyl (C=O) groups is 1. The van der Waals surface area contributed by atoms with Crippen LogP contribution in [0.4, 0.5) is 0 Å². The Balaban J connectivity index is 1.62. The summed E-state index contributed by atoms with van der Waals surface area (Å²) < 4.78 is 1.83. The van der Waals surface area contributed by atoms with Gasteiger partial charge in [0.25, 0.3) is 0 Å². The van der Waals surface area contributed by atoms with Crippen LogP contribution < -0.4 is 0 Å². The van der Waals surface area contributed by atoms with Crippen molar-refractivity contribution in [3.63, 3.8) is 0 Å². The Kier molecular flexibility index (Phi) is 5.34. The molecule has 1 aliphatic heterocycles. The van der Waals surface area contributed by atoms with Crippen molar-refractivity contribution < 1.29 is 4.79 Å². The molecule has 1 amide bonds. The van der Waals surface area contributed by atoms with Crippen LogP contribution in [0.25, 0.3) is 11.0 Å². The molecule has 0 aromatic carbocycles. The second-order valence-electron chi connectivity index (χ2n) is 7.12. The van der Waals surface area contributed by atoms with Crippen molar-refractivity contribution in [2.24, 2.45) is 7.05 Å². The van der Waals surface area contributed by atoms with Gasteiger partial charge in [-0.05, 0) is 38.1 Å². The standard InChI is InChI=1S/C18H28N6O/c1-14-16-10-15(11-19-18(16)22(4)20-14)12-23-6-5-7-24(9-8-23)13-17(25)21(2)3/h10-11H,5-9,12-13H2,1-4H3. The van der Waals surface area contributed by atoms with Crippen LogP contribution >= 0.6 is 0 Å². The highest BCUT2D eigenvalue weighted by Crippen LogP contribution is 2.18. The van der Waals surface area contributed by atoms with E-state index in [1.165, 1.54) is 5.56 Å². The number of fused-ring (bicyclic) bond motifs is 1. The molecule has 136 valence electrons. The van der Waals surface area contributed by atoms with Gasteiger partial charge < -0.3 is 4.90 Å². The van der Waals surface area contributed by atoms with E-state index in [0.29, 0.717) is 6.54 Å². The van der Waals surface area contributed by atoms with E-state index in [4.69, 9.17) is 0 Å². The van der Waals surface area contributed by atoms with Gasteiger partial charge in [-0.1, -0.05) is 0 Å². The predicted molar refractivity (Wildman–Crippen MR) is 98.3 cm³/mol. The van der Waals surface area contributed by atoms with Crippen LogP contribution in [0.1, 0.15) is 17.7 Å². The maximum Gasteiger partial charge on any atom is 0.236 e. The smallest absolute Gasteiger partial charge is 0.236 e. The lowest BCUT2D eigenvalue weighted by atomic mass is 10.2. The van der Waals surface area contributed by atoms with E-state index in [1.807, 2.05) is 38.9 Å². The second kappa shape index (κ2) is 7.49. The number of carbonyl (C=O) groups excluding carboxylic acids is 1. The number of aromatic nitrogens is 3. The van der Waals surface area contributed by atoms with Crippen molar-refractivity contribution in [3.8, 4) is 0 Å². The van der Waals surface area contributed by atoms with Gasteiger partial charge in [0, 0.05) is 52.4 Å². The largest absolute Gasteiger partial charge is 0.348 e. The van der Waals surface area contributed by atoms with Gasteiger partial charge in [0.1, 0.15) is 0 Å². The van der Waals surface area contributed by atoms with Crippen LogP contribution in [-0.2, 0) is 18.4 Å². The molecule has 0 atom stereocenters. The molecule has 0 N–H and O–H groups in total. The SMILES string of the molecule is Cc1nn(C)c2ncc(CN3CCCN(CC(=O)N(C)C)CC3)cc12. The van der Waals surface area contributed by atoms with Gasteiger partial charge in [-0.25, -0.2) is 4.98 Å². The first-order valence-corrected chi connectivity index (χ1v) is 8.87. The molecule has 3 rings (SSSR count). The summed E-state index contributed by atoms with van der Waals surface area (Å²) in [5.41, 5.74) is 3.18. The molecule has 0 aliphatic carbocycles. The number of amides is 1. The highest BCUT2D eigenvalue weighted by Gasteiger charge is 2.18. The Hall–Kier alpha value is -1.99. The molecule has 1 fully saturated rings. The van der Waals surface area contributed by atoms with Gasteiger partial charge in [0.05, 0.1) is 12.2 Å². The molecule has 1 saturated heterocycles. The molecule has 7 heteroatoms. The Morgan fingerprint density at radius 1 is 1.20 bits per heavy atom. The fourth-order valence-electron chi connectivity index (χ4n) is 3.37. The molecule has 0 bridgehead atoms. The summed E-state index contributed by atoms with van der Waals surface area (Å²) in [6.07, 6.45) is 3.05. The Morgan fingerprint density at radius 2 is 1.92 bits per heavy atom. The number of hydrogen-bond acceptors (Lipinski definition) is 5. The normalized spacial score (nSPS) is 17.0. The van der Waals surface area contributed by atoms with Gasteiger partial charge in [-0.3, -0.25) is 19.3 Å². The van der Waals surface area contributed by atoms with Gasteiger partial charge in [-0.2, -0.15) is 5.10 Å². The average molecular weight is 344 g/mol. The van der Waals surface area contributed by atoms with Crippen molar-refractivity contribution in [1.29, 1.82) is 0 Å². The molecule has 0 spiro atoms. The van der Waals surface area contributed by atoms with E-state index in [1.54, 1.807) is 4.90 Å². The fourth-order valence-corrected chi connectivity index (χ4v) is 3.37. The van der Waals surface area contributed by atoms with Crippen molar-refractivity contribution in [3.05, 3.63) is 23.5 Å². The fraction of sp³-hybridized carbons (Fsp3) is 0.611. The molecule has 0 saturated carbocycles. The zero-order chi connectivity index (χ0) is 18.0. The molecule has 7 nitrogen and oxygen atoms in total. The quantitative estimate of drug-likeness (QED) is 0.824. The topological polar surface area (TPSA) is 57.5 Å². The van der Waals surface area contributed by atoms with E-state index in [0.717, 1.165) is 55.9 Å². The number of hydrogen-bond donors (Lipinski definition) is 0. The maximum atomic E-state index is 11.9. The second-order valence-corrected chi connectivity index (χ2v) is 7.12. The third-order valence-electron chi connectivity index (χ3n) is 4.86. The molecule has 25 heavy (non-hydrogen) atoms. The predicted octanol–water partition coefficient (Wildman–Crippen LogP) is 0.873. The van der Waals surface area contributed by atoms with Crippen molar-refractivity contribution >= 4 is 16.9 Å². The summed E-state index contributed by atoms with van der Waals surface area (Å²) in [4.78, 5) is 22.9. The maximum absolute atomic E-state index is 11.9. The summed E-state index contributed by atoms with van der Waals surface area (Å²) in [6, 6.07) is 2.21. The first-order chi connectivity index (χ1) is 11.9. The lowest BCUT2D eigenvalue weighted by molar-refractivity contribution is -0.129. The lowest BCUT2D eigenvalue weighted by Crippen LogP contribution is -2.38. The van der Waals surface area contributed by atoms with E-state index in [-0.39, 0.29) is 5.91 Å². The zero-order valence-corrected chi connectivity index (χ0v) is 15.7. The average Bonchev–Trinajstić information content (AvgIpc) is 2.73. The number of likely N-dealkylation sites (N-methyl/N-ethyl adjacent to an activating group) is 1. The van der Waals surface area contributed by atoms with Crippen LogP contribution in [0.5, 0.6) is 0 Å². The monoisotopic (exact) mass is 344 g/mol. The van der Waals surface area contributed by atoms with Gasteiger partial charge in [0.2, 0.25) is 5.91 Å². The Labute approximate surface area is 149 Å². The minimum atomic E-state index is 0.176.